The van der Waals surface area contributed by atoms with E-state index in [1.54, 1.807) is 23.7 Å². The molecule has 1 saturated carbocycles. The summed E-state index contributed by atoms with van der Waals surface area (Å²) in [6.07, 6.45) is 19.3. The van der Waals surface area contributed by atoms with Crippen LogP contribution in [-0.4, -0.2) is 16.5 Å². The van der Waals surface area contributed by atoms with E-state index in [1.165, 1.54) is 5.57 Å². The van der Waals surface area contributed by atoms with Crippen molar-refractivity contribution in [1.29, 1.82) is 0 Å². The van der Waals surface area contributed by atoms with E-state index < -0.39 is 11.4 Å². The van der Waals surface area contributed by atoms with Crippen molar-refractivity contribution < 1.29 is 14.6 Å². The molecule has 5 aliphatic rings. The molecule has 132 valence electrons. The Balaban J connectivity index is 1.49. The molecule has 0 aromatic heterocycles. The van der Waals surface area contributed by atoms with Crippen LogP contribution >= 0.6 is 0 Å². The van der Waals surface area contributed by atoms with Gasteiger partial charge in [-0.2, -0.15) is 0 Å². The van der Waals surface area contributed by atoms with Crippen molar-refractivity contribution in [1.82, 2.24) is 0 Å². The summed E-state index contributed by atoms with van der Waals surface area (Å²) in [7, 11) is 0. The molecule has 3 nitrogen and oxygen atoms in total. The molecule has 1 spiro atoms. The number of allylic oxidation sites excluding steroid dienone is 3. The lowest BCUT2D eigenvalue weighted by molar-refractivity contribution is -0.149. The summed E-state index contributed by atoms with van der Waals surface area (Å²) >= 11 is 0. The van der Waals surface area contributed by atoms with Crippen LogP contribution in [0.25, 0.3) is 0 Å². The number of terminal acetylenes is 1. The van der Waals surface area contributed by atoms with Crippen molar-refractivity contribution in [3.8, 4) is 12.3 Å². The first-order valence-corrected chi connectivity index (χ1v) is 9.62. The zero-order valence-electron chi connectivity index (χ0n) is 14.9. The summed E-state index contributed by atoms with van der Waals surface area (Å²) in [5, 5.41) is 11.0. The van der Waals surface area contributed by atoms with Crippen LogP contribution in [0.2, 0.25) is 0 Å². The van der Waals surface area contributed by atoms with Gasteiger partial charge in [0.05, 0.1) is 0 Å². The number of ether oxygens (including phenoxy) is 2. The van der Waals surface area contributed by atoms with Gasteiger partial charge in [0.15, 0.2) is 0 Å². The number of rotatable bonds is 0. The molecule has 0 amide bonds. The van der Waals surface area contributed by atoms with Crippen molar-refractivity contribution in [2.75, 3.05) is 0 Å². The first kappa shape index (κ1) is 15.6. The molecule has 0 bridgehead atoms. The van der Waals surface area contributed by atoms with Gasteiger partial charge in [-0.1, -0.05) is 24.5 Å². The van der Waals surface area contributed by atoms with Crippen LogP contribution in [0.1, 0.15) is 58.3 Å². The van der Waals surface area contributed by atoms with Crippen molar-refractivity contribution in [2.45, 2.75) is 69.7 Å². The van der Waals surface area contributed by atoms with Gasteiger partial charge in [-0.25, -0.2) is 0 Å². The van der Waals surface area contributed by atoms with Crippen molar-refractivity contribution >= 4 is 0 Å². The number of hydrogen-bond acceptors (Lipinski definition) is 3. The molecule has 1 heterocycles. The lowest BCUT2D eigenvalue weighted by Gasteiger charge is -2.49. The van der Waals surface area contributed by atoms with Crippen LogP contribution in [0.5, 0.6) is 0 Å². The van der Waals surface area contributed by atoms with Gasteiger partial charge in [0, 0.05) is 18.3 Å². The maximum absolute atomic E-state index is 11.0. The third-order valence-electron chi connectivity index (χ3n) is 7.84. The zero-order chi connectivity index (χ0) is 17.3. The van der Waals surface area contributed by atoms with Crippen LogP contribution in [0, 0.1) is 29.6 Å². The van der Waals surface area contributed by atoms with Gasteiger partial charge in [0.2, 0.25) is 0 Å². The Labute approximate surface area is 149 Å². The Hall–Kier alpha value is -1.66. The lowest BCUT2D eigenvalue weighted by atomic mass is 9.56. The van der Waals surface area contributed by atoms with E-state index in [1.807, 2.05) is 0 Å². The molecule has 0 aromatic rings. The monoisotopic (exact) mass is 338 g/mol. The van der Waals surface area contributed by atoms with Gasteiger partial charge in [-0.05, 0) is 61.5 Å². The van der Waals surface area contributed by atoms with E-state index in [-0.39, 0.29) is 5.41 Å². The first-order chi connectivity index (χ1) is 12.0. The molecule has 0 saturated heterocycles. The first-order valence-electron chi connectivity index (χ1n) is 9.62. The van der Waals surface area contributed by atoms with Crippen LogP contribution in [0.4, 0.5) is 0 Å². The minimum atomic E-state index is -0.942. The maximum atomic E-state index is 11.0. The second-order valence-electron chi connectivity index (χ2n) is 8.75. The van der Waals surface area contributed by atoms with E-state index in [0.717, 1.165) is 51.4 Å². The highest BCUT2D eigenvalue weighted by atomic mass is 16.7. The molecule has 1 fully saturated rings. The molecule has 0 radical (unpaired) electrons. The molecule has 3 heteroatoms. The summed E-state index contributed by atoms with van der Waals surface area (Å²) < 4.78 is 11.6. The standard InChI is InChI=1S/C22H26O3/c1-3-21(23)10-8-19-18-5-4-15-14-22(24-12-13-25-22)11-7-16(15)17(18)6-9-20(19,21)2/h1,6,12-13,18-19,23H,4-5,7-11,14H2,2H3/t18-,19+,20+,21+/m1/s1. The van der Waals surface area contributed by atoms with Crippen LogP contribution < -0.4 is 0 Å². The molecule has 25 heavy (non-hydrogen) atoms. The fourth-order valence-electron chi connectivity index (χ4n) is 6.33. The third-order valence-corrected chi connectivity index (χ3v) is 7.84. The van der Waals surface area contributed by atoms with Crippen molar-refractivity contribution in [3.05, 3.63) is 35.3 Å². The van der Waals surface area contributed by atoms with Crippen LogP contribution in [-0.2, 0) is 9.47 Å². The molecule has 1 N–H and O–H groups in total. The zero-order valence-corrected chi connectivity index (χ0v) is 14.9. The van der Waals surface area contributed by atoms with Gasteiger partial charge in [-0.15, -0.1) is 6.42 Å². The summed E-state index contributed by atoms with van der Waals surface area (Å²) in [6, 6.07) is 0. The summed E-state index contributed by atoms with van der Waals surface area (Å²) in [6.45, 7) is 2.21. The highest BCUT2D eigenvalue weighted by molar-refractivity contribution is 5.45. The number of hydrogen-bond donors (Lipinski definition) is 1. The minimum absolute atomic E-state index is 0.175. The molecule has 1 aliphatic heterocycles. The Morgan fingerprint density at radius 2 is 2.00 bits per heavy atom. The van der Waals surface area contributed by atoms with Crippen LogP contribution in [0.3, 0.4) is 0 Å². The topological polar surface area (TPSA) is 38.7 Å². The Morgan fingerprint density at radius 1 is 1.20 bits per heavy atom. The third kappa shape index (κ3) is 1.92. The fourth-order valence-corrected chi connectivity index (χ4v) is 6.33. The molecule has 4 atom stereocenters. The number of aliphatic hydroxyl groups is 1. The summed E-state index contributed by atoms with van der Waals surface area (Å²) in [4.78, 5) is 0. The average Bonchev–Trinajstić information content (AvgIpc) is 3.18. The second-order valence-corrected chi connectivity index (χ2v) is 8.75. The fraction of sp³-hybridized carbons (Fsp3) is 0.636. The van der Waals surface area contributed by atoms with Crippen molar-refractivity contribution in [2.24, 2.45) is 17.3 Å². The quantitative estimate of drug-likeness (QED) is 0.673. The van der Waals surface area contributed by atoms with E-state index in [9.17, 15) is 5.11 Å². The average molecular weight is 338 g/mol. The maximum Gasteiger partial charge on any atom is 0.253 e. The van der Waals surface area contributed by atoms with Crippen molar-refractivity contribution in [3.63, 3.8) is 0 Å². The SMILES string of the molecule is C#C[C@]1(O)CC[C@H]2[C@@H]3CCC4=C(CCC5(C4)OC=CO5)C3=CC[C@@]21C. The van der Waals surface area contributed by atoms with Gasteiger partial charge in [-0.3, -0.25) is 0 Å². The summed E-state index contributed by atoms with van der Waals surface area (Å²) in [5.41, 5.74) is 3.50. The molecule has 4 aliphatic carbocycles. The second kappa shape index (κ2) is 4.95. The van der Waals surface area contributed by atoms with Crippen LogP contribution in [0.15, 0.2) is 35.3 Å². The highest BCUT2D eigenvalue weighted by Gasteiger charge is 2.60. The molecular weight excluding hydrogens is 312 g/mol. The summed E-state index contributed by atoms with van der Waals surface area (Å²) in [5.74, 6) is 3.35. The van der Waals surface area contributed by atoms with E-state index in [2.05, 4.69) is 18.9 Å². The van der Waals surface area contributed by atoms with Gasteiger partial charge < -0.3 is 14.6 Å². The lowest BCUT2D eigenvalue weighted by Crippen LogP contribution is -2.48. The molecular formula is C22H26O3. The van der Waals surface area contributed by atoms with E-state index >= 15 is 0 Å². The van der Waals surface area contributed by atoms with E-state index in [0.29, 0.717) is 11.8 Å². The minimum Gasteiger partial charge on any atom is -0.456 e. The van der Waals surface area contributed by atoms with Gasteiger partial charge in [0.25, 0.3) is 5.79 Å². The molecule has 0 aromatic carbocycles. The number of fused-ring (bicyclic) bond motifs is 4. The smallest absolute Gasteiger partial charge is 0.253 e. The predicted molar refractivity (Wildman–Crippen MR) is 95.0 cm³/mol. The molecule has 5 rings (SSSR count). The van der Waals surface area contributed by atoms with E-state index in [4.69, 9.17) is 15.9 Å². The van der Waals surface area contributed by atoms with Gasteiger partial charge >= 0.3 is 0 Å². The Bertz CT molecular complexity index is 744. The Kier molecular flexibility index (Phi) is 3.08. The largest absolute Gasteiger partial charge is 0.456 e. The molecule has 0 unspecified atom stereocenters. The normalized spacial score (nSPS) is 43.5. The predicted octanol–water partition coefficient (Wildman–Crippen LogP) is 4.20. The van der Waals surface area contributed by atoms with Gasteiger partial charge in [0.1, 0.15) is 18.1 Å². The highest BCUT2D eigenvalue weighted by Crippen LogP contribution is 2.62. The Morgan fingerprint density at radius 3 is 2.76 bits per heavy atom.